The molecule has 2 aromatic rings. The third-order valence-electron chi connectivity index (χ3n) is 7.46. The van der Waals surface area contributed by atoms with Gasteiger partial charge in [0.05, 0.1) is 17.5 Å². The Kier molecular flexibility index (Phi) is 3.97. The Balaban J connectivity index is 1.28. The van der Waals surface area contributed by atoms with E-state index in [4.69, 9.17) is 11.6 Å². The van der Waals surface area contributed by atoms with Gasteiger partial charge in [0.2, 0.25) is 11.8 Å². The van der Waals surface area contributed by atoms with Gasteiger partial charge in [0, 0.05) is 16.3 Å². The van der Waals surface area contributed by atoms with Crippen molar-refractivity contribution in [2.75, 3.05) is 10.2 Å². The number of hydrogen-bond donors (Lipinski definition) is 1. The minimum absolute atomic E-state index is 0.123. The van der Waals surface area contributed by atoms with Crippen LogP contribution in [-0.4, -0.2) is 17.7 Å². The molecule has 3 fully saturated rings. The molecule has 5 nitrogen and oxygen atoms in total. The summed E-state index contributed by atoms with van der Waals surface area (Å²) in [6.07, 6.45) is 5.45. The van der Waals surface area contributed by atoms with E-state index in [9.17, 15) is 14.4 Å². The van der Waals surface area contributed by atoms with Crippen LogP contribution in [0.5, 0.6) is 0 Å². The third kappa shape index (κ3) is 2.72. The summed E-state index contributed by atoms with van der Waals surface area (Å²) >= 11 is 6.15. The average molecular weight is 433 g/mol. The number of allylic oxidation sites excluding steroid dienone is 2. The highest BCUT2D eigenvalue weighted by Crippen LogP contribution is 2.65. The van der Waals surface area contributed by atoms with E-state index >= 15 is 0 Å². The van der Waals surface area contributed by atoms with Crippen molar-refractivity contribution in [1.29, 1.82) is 0 Å². The van der Waals surface area contributed by atoms with Gasteiger partial charge in [-0.25, -0.2) is 4.90 Å². The molecule has 31 heavy (non-hydrogen) atoms. The lowest BCUT2D eigenvalue weighted by atomic mass is 9.63. The minimum Gasteiger partial charge on any atom is -0.322 e. The molecule has 1 N–H and O–H groups in total. The largest absolute Gasteiger partial charge is 0.322 e. The van der Waals surface area contributed by atoms with Gasteiger partial charge in [-0.05, 0) is 72.9 Å². The van der Waals surface area contributed by atoms with E-state index in [0.717, 1.165) is 12.0 Å². The van der Waals surface area contributed by atoms with Crippen LogP contribution in [0.15, 0.2) is 54.6 Å². The predicted molar refractivity (Wildman–Crippen MR) is 118 cm³/mol. The number of nitrogens with one attached hydrogen (secondary N) is 1. The second kappa shape index (κ2) is 6.54. The molecule has 6 heteroatoms. The molecular weight excluding hydrogens is 412 g/mol. The monoisotopic (exact) mass is 432 g/mol. The lowest BCUT2D eigenvalue weighted by Gasteiger charge is -2.37. The summed E-state index contributed by atoms with van der Waals surface area (Å²) in [4.78, 5) is 40.7. The second-order valence-electron chi connectivity index (χ2n) is 9.13. The summed E-state index contributed by atoms with van der Waals surface area (Å²) in [7, 11) is 0. The zero-order valence-electron chi connectivity index (χ0n) is 16.9. The highest BCUT2D eigenvalue weighted by Gasteiger charge is 2.67. The zero-order chi connectivity index (χ0) is 21.4. The SMILES string of the molecule is Cc1ccc(NC(=O)c2cccc(N3C(=O)[C@@H]4[C@H]5C=C[C@@H]([C@@H]6C[C@H]56)[C@@H]4C3=O)c2)cc1Cl. The standard InChI is InChI=1S/C25H21ClN2O3/c1-12-5-6-14(10-20(12)26)27-23(29)13-3-2-4-15(9-13)28-24(30)21-16-7-8-17(19-11-18(16)19)22(21)25(28)31/h2-10,16-19,21-22H,11H2,1H3,(H,27,29)/t16-,17-,18-,19+,21-,22+/m0/s1. The Hall–Kier alpha value is -2.92. The summed E-state index contributed by atoms with van der Waals surface area (Å²) in [6.45, 7) is 1.89. The van der Waals surface area contributed by atoms with Crippen LogP contribution in [0, 0.1) is 42.4 Å². The normalized spacial score (nSPS) is 32.1. The van der Waals surface area contributed by atoms with E-state index in [0.29, 0.717) is 33.8 Å². The maximum absolute atomic E-state index is 13.3. The molecule has 2 saturated carbocycles. The molecule has 3 amide bonds. The fourth-order valence-electron chi connectivity index (χ4n) is 5.87. The van der Waals surface area contributed by atoms with Gasteiger partial charge < -0.3 is 5.32 Å². The highest BCUT2D eigenvalue weighted by molar-refractivity contribution is 6.31. The van der Waals surface area contributed by atoms with Crippen molar-refractivity contribution in [2.45, 2.75) is 13.3 Å². The number of halogens is 1. The topological polar surface area (TPSA) is 66.5 Å². The summed E-state index contributed by atoms with van der Waals surface area (Å²) in [5, 5.41) is 3.40. The van der Waals surface area contributed by atoms with Crippen molar-refractivity contribution in [3.63, 3.8) is 0 Å². The highest BCUT2D eigenvalue weighted by atomic mass is 35.5. The quantitative estimate of drug-likeness (QED) is 0.575. The molecule has 7 rings (SSSR count). The second-order valence-corrected chi connectivity index (χ2v) is 9.54. The number of benzene rings is 2. The molecule has 0 aromatic heterocycles. The van der Waals surface area contributed by atoms with Crippen molar-refractivity contribution >= 4 is 40.7 Å². The van der Waals surface area contributed by atoms with E-state index in [1.54, 1.807) is 36.4 Å². The first kappa shape index (κ1) is 18.8. The van der Waals surface area contributed by atoms with Crippen molar-refractivity contribution < 1.29 is 14.4 Å². The molecule has 0 spiro atoms. The number of amides is 3. The maximum Gasteiger partial charge on any atom is 0.255 e. The van der Waals surface area contributed by atoms with E-state index < -0.39 is 0 Å². The summed E-state index contributed by atoms with van der Waals surface area (Å²) in [6, 6.07) is 12.0. The van der Waals surface area contributed by atoms with Crippen molar-refractivity contribution in [2.24, 2.45) is 35.5 Å². The number of aryl methyl sites for hydroxylation is 1. The predicted octanol–water partition coefficient (Wildman–Crippen LogP) is 4.46. The fourth-order valence-corrected chi connectivity index (χ4v) is 6.05. The number of rotatable bonds is 3. The molecule has 6 atom stereocenters. The Morgan fingerprint density at radius 3 is 2.32 bits per heavy atom. The van der Waals surface area contributed by atoms with Crippen LogP contribution in [0.3, 0.4) is 0 Å². The Bertz CT molecular complexity index is 1150. The van der Waals surface area contributed by atoms with Crippen LogP contribution in [0.2, 0.25) is 5.02 Å². The number of imide groups is 1. The molecule has 1 saturated heterocycles. The van der Waals surface area contributed by atoms with Gasteiger partial charge >= 0.3 is 0 Å². The average Bonchev–Trinajstić information content (AvgIpc) is 3.54. The smallest absolute Gasteiger partial charge is 0.255 e. The van der Waals surface area contributed by atoms with Crippen molar-refractivity contribution in [3.8, 4) is 0 Å². The lowest BCUT2D eigenvalue weighted by molar-refractivity contribution is -0.124. The summed E-state index contributed by atoms with van der Waals surface area (Å²) < 4.78 is 0. The first-order valence-corrected chi connectivity index (χ1v) is 11.1. The molecule has 2 bridgehead atoms. The molecule has 1 aliphatic heterocycles. The van der Waals surface area contributed by atoms with Gasteiger partial charge in [-0.15, -0.1) is 0 Å². The van der Waals surface area contributed by atoms with Gasteiger partial charge in [-0.2, -0.15) is 0 Å². The van der Waals surface area contributed by atoms with Gasteiger partial charge in [0.15, 0.2) is 0 Å². The molecule has 156 valence electrons. The van der Waals surface area contributed by atoms with Crippen molar-refractivity contribution in [3.05, 3.63) is 70.8 Å². The van der Waals surface area contributed by atoms with Crippen LogP contribution >= 0.6 is 11.6 Å². The molecule has 4 aliphatic carbocycles. The first-order valence-electron chi connectivity index (χ1n) is 10.7. The zero-order valence-corrected chi connectivity index (χ0v) is 17.7. The Morgan fingerprint density at radius 2 is 1.68 bits per heavy atom. The van der Waals surface area contributed by atoms with E-state index in [-0.39, 0.29) is 41.4 Å². The van der Waals surface area contributed by atoms with Crippen LogP contribution < -0.4 is 10.2 Å². The van der Waals surface area contributed by atoms with E-state index in [1.165, 1.54) is 4.90 Å². The first-order chi connectivity index (χ1) is 14.9. The van der Waals surface area contributed by atoms with Crippen LogP contribution in [0.4, 0.5) is 11.4 Å². The van der Waals surface area contributed by atoms with Crippen LogP contribution in [-0.2, 0) is 9.59 Å². The number of nitrogens with zero attached hydrogens (tertiary/aromatic N) is 1. The van der Waals surface area contributed by atoms with E-state index in [1.807, 2.05) is 13.0 Å². The maximum atomic E-state index is 13.3. The third-order valence-corrected chi connectivity index (χ3v) is 7.87. The van der Waals surface area contributed by atoms with E-state index in [2.05, 4.69) is 17.5 Å². The van der Waals surface area contributed by atoms with Crippen LogP contribution in [0.25, 0.3) is 0 Å². The fraction of sp³-hybridized carbons (Fsp3) is 0.320. The summed E-state index contributed by atoms with van der Waals surface area (Å²) in [5.41, 5.74) is 2.36. The molecule has 1 heterocycles. The van der Waals surface area contributed by atoms with Gasteiger partial charge in [-0.3, -0.25) is 14.4 Å². The number of carbonyl (C=O) groups is 3. The summed E-state index contributed by atoms with van der Waals surface area (Å²) in [5.74, 6) is 0.416. The lowest BCUT2D eigenvalue weighted by Crippen LogP contribution is -2.40. The van der Waals surface area contributed by atoms with Crippen molar-refractivity contribution in [1.82, 2.24) is 0 Å². The Morgan fingerprint density at radius 1 is 1.00 bits per heavy atom. The van der Waals surface area contributed by atoms with Gasteiger partial charge in [0.25, 0.3) is 5.91 Å². The van der Waals surface area contributed by atoms with Gasteiger partial charge in [-0.1, -0.05) is 35.9 Å². The minimum atomic E-state index is -0.318. The number of hydrogen-bond acceptors (Lipinski definition) is 3. The molecular formula is C25H21ClN2O3. The van der Waals surface area contributed by atoms with Crippen LogP contribution in [0.1, 0.15) is 22.3 Å². The number of carbonyl (C=O) groups excluding carboxylic acids is 3. The molecule has 2 aromatic carbocycles. The Labute approximate surface area is 185 Å². The molecule has 0 unspecified atom stereocenters. The number of anilines is 2. The van der Waals surface area contributed by atoms with Gasteiger partial charge in [0.1, 0.15) is 0 Å². The molecule has 5 aliphatic rings. The molecule has 0 radical (unpaired) electrons.